The zero-order valence-corrected chi connectivity index (χ0v) is 27.9. The Labute approximate surface area is 232 Å². The Morgan fingerprint density at radius 3 is 1.38 bits per heavy atom. The average Bonchev–Trinajstić information content (AvgIpc) is 3.56. The molecule has 1 heteroatoms. The van der Waals surface area contributed by atoms with E-state index in [0.717, 1.165) is 6.42 Å². The van der Waals surface area contributed by atoms with Crippen molar-refractivity contribution in [2.24, 2.45) is 0 Å². The Bertz CT molecular complexity index is 1650. The molecule has 0 fully saturated rings. The Kier molecular flexibility index (Phi) is 5.94. The summed E-state index contributed by atoms with van der Waals surface area (Å²) >= 11 is -4.41. The standard InChI is InChI=1S/2C16H13.C3H6.3CH3.Hf/c2*1-12-6-2-3-9-14(12)16-11-5-8-13-7-4-10-15(13)16;1-3-2;;;;/h2*2-11H,1H3;1H,3H2,2H3;3*1H3;. The zero-order chi connectivity index (χ0) is 27.5. The maximum absolute atomic E-state index is 4.41. The summed E-state index contributed by atoms with van der Waals surface area (Å²) in [6.07, 6.45) is 11.1. The van der Waals surface area contributed by atoms with Crippen LogP contribution in [0.2, 0.25) is 14.0 Å². The molecule has 0 saturated heterocycles. The molecule has 0 radical (unpaired) electrons. The molecular formula is C38H41Hf. The zero-order valence-electron chi connectivity index (χ0n) is 24.3. The Morgan fingerprint density at radius 1 is 0.564 bits per heavy atom. The van der Waals surface area contributed by atoms with E-state index in [2.05, 4.69) is 148 Å². The SMILES string of the molecule is CC[CH]=[Hf]([CH3])([CH3])([CH3])([CH]1C=Cc2c(-c3ccccc3C)cccc21)[CH]1C=Cc2c(-c3ccccc3C)cccc21. The third kappa shape index (κ3) is 3.92. The predicted octanol–water partition coefficient (Wildman–Crippen LogP) is 11.1. The topological polar surface area (TPSA) is 0 Å². The van der Waals surface area contributed by atoms with Gasteiger partial charge in [-0.25, -0.2) is 0 Å². The minimum absolute atomic E-state index is 0.432. The molecule has 197 valence electrons. The third-order valence-electron chi connectivity index (χ3n) is 10.4. The van der Waals surface area contributed by atoms with Gasteiger partial charge in [-0.1, -0.05) is 0 Å². The van der Waals surface area contributed by atoms with Crippen LogP contribution in [0.3, 0.4) is 0 Å². The molecule has 0 N–H and O–H groups in total. The summed E-state index contributed by atoms with van der Waals surface area (Å²) in [6, 6.07) is 31.7. The number of rotatable bonds is 5. The summed E-state index contributed by atoms with van der Waals surface area (Å²) < 4.78 is 11.9. The molecule has 2 unspecified atom stereocenters. The molecule has 0 bridgehead atoms. The second kappa shape index (κ2) is 8.80. The average molecular weight is 676 g/mol. The van der Waals surface area contributed by atoms with Crippen molar-refractivity contribution < 1.29 is 16.5 Å². The summed E-state index contributed by atoms with van der Waals surface area (Å²) in [4.78, 5) is 0. The molecule has 2 atom stereocenters. The summed E-state index contributed by atoms with van der Waals surface area (Å²) in [6.45, 7) is 6.81. The minimum atomic E-state index is -4.41. The molecule has 4 aromatic rings. The molecule has 0 nitrogen and oxygen atoms in total. The first-order valence-electron chi connectivity index (χ1n) is 14.6. The van der Waals surface area contributed by atoms with Crippen LogP contribution in [-0.4, -0.2) is 3.76 Å². The fraction of sp³-hybridized carbons (Fsp3) is 0.237. The van der Waals surface area contributed by atoms with Crippen molar-refractivity contribution in [1.82, 2.24) is 0 Å². The molecule has 0 amide bonds. The number of allylic oxidation sites excluding steroid dienone is 2. The van der Waals surface area contributed by atoms with Gasteiger partial charge in [0, 0.05) is 0 Å². The third-order valence-corrected chi connectivity index (χ3v) is 40.1. The molecule has 0 saturated carbocycles. The van der Waals surface area contributed by atoms with Gasteiger partial charge in [-0.3, -0.25) is 0 Å². The van der Waals surface area contributed by atoms with Crippen LogP contribution in [0.1, 0.15) is 54.1 Å². The molecular weight excluding hydrogens is 635 g/mol. The summed E-state index contributed by atoms with van der Waals surface area (Å²) in [7, 11) is 0. The van der Waals surface area contributed by atoms with E-state index >= 15 is 0 Å². The second-order valence-electron chi connectivity index (χ2n) is 14.1. The van der Waals surface area contributed by atoms with Crippen LogP contribution in [0.25, 0.3) is 34.4 Å². The number of fused-ring (bicyclic) bond motifs is 2. The molecule has 0 aliphatic heterocycles. The van der Waals surface area contributed by atoms with E-state index in [1.54, 1.807) is 0 Å². The van der Waals surface area contributed by atoms with E-state index in [9.17, 15) is 0 Å². The van der Waals surface area contributed by atoms with E-state index in [1.807, 2.05) is 0 Å². The second-order valence-corrected chi connectivity index (χ2v) is 53.1. The molecule has 4 aromatic carbocycles. The number of hydrogen-bond donors (Lipinski definition) is 0. The van der Waals surface area contributed by atoms with Crippen LogP contribution in [0.4, 0.5) is 0 Å². The van der Waals surface area contributed by atoms with E-state index < -0.39 is 16.5 Å². The van der Waals surface area contributed by atoms with Crippen LogP contribution in [-0.2, 0) is 16.5 Å². The molecule has 2 aliphatic carbocycles. The number of benzene rings is 4. The molecule has 2 aliphatic rings. The molecule has 0 spiro atoms. The summed E-state index contributed by atoms with van der Waals surface area (Å²) in [5.74, 6) is 0. The van der Waals surface area contributed by atoms with Gasteiger partial charge in [0.1, 0.15) is 0 Å². The van der Waals surface area contributed by atoms with Gasteiger partial charge >= 0.3 is 234 Å². The first-order chi connectivity index (χ1) is 18.6. The Morgan fingerprint density at radius 2 is 0.974 bits per heavy atom. The van der Waals surface area contributed by atoms with Gasteiger partial charge < -0.3 is 0 Å². The Balaban J connectivity index is 1.56. The predicted molar refractivity (Wildman–Crippen MR) is 171 cm³/mol. The van der Waals surface area contributed by atoms with Crippen molar-refractivity contribution in [2.75, 3.05) is 0 Å². The van der Waals surface area contributed by atoms with Gasteiger partial charge in [0.2, 0.25) is 0 Å². The van der Waals surface area contributed by atoms with Crippen LogP contribution in [0.5, 0.6) is 0 Å². The van der Waals surface area contributed by atoms with Gasteiger partial charge in [-0.15, -0.1) is 0 Å². The monoisotopic (exact) mass is 677 g/mol. The van der Waals surface area contributed by atoms with Crippen LogP contribution in [0.15, 0.2) is 97.1 Å². The molecule has 39 heavy (non-hydrogen) atoms. The normalized spacial score (nSPS) is 19.3. The fourth-order valence-corrected chi connectivity index (χ4v) is 35.1. The van der Waals surface area contributed by atoms with Gasteiger partial charge in [0.25, 0.3) is 0 Å². The molecule has 0 aromatic heterocycles. The number of aryl methyl sites for hydroxylation is 2. The van der Waals surface area contributed by atoms with E-state index in [-0.39, 0.29) is 0 Å². The fourth-order valence-electron chi connectivity index (χ4n) is 8.28. The summed E-state index contributed by atoms with van der Waals surface area (Å²) in [5, 5.41) is 0. The van der Waals surface area contributed by atoms with Gasteiger partial charge in [-0.05, 0) is 0 Å². The van der Waals surface area contributed by atoms with Gasteiger partial charge in [0.05, 0.1) is 0 Å². The van der Waals surface area contributed by atoms with Crippen molar-refractivity contribution in [3.05, 3.63) is 130 Å². The number of hydrogen-bond acceptors (Lipinski definition) is 0. The quantitative estimate of drug-likeness (QED) is 0.185. The first kappa shape index (κ1) is 26.3. The van der Waals surface area contributed by atoms with Crippen molar-refractivity contribution in [1.29, 1.82) is 0 Å². The van der Waals surface area contributed by atoms with Gasteiger partial charge in [0.15, 0.2) is 0 Å². The van der Waals surface area contributed by atoms with Crippen LogP contribution in [0, 0.1) is 13.8 Å². The van der Waals surface area contributed by atoms with Crippen LogP contribution < -0.4 is 0 Å². The first-order valence-corrected chi connectivity index (χ1v) is 31.6. The van der Waals surface area contributed by atoms with Gasteiger partial charge in [-0.2, -0.15) is 0 Å². The van der Waals surface area contributed by atoms with E-state index in [1.165, 1.54) is 55.6 Å². The van der Waals surface area contributed by atoms with E-state index in [0.29, 0.717) is 7.35 Å². The maximum atomic E-state index is 2.82. The molecule has 6 rings (SSSR count). The Hall–Kier alpha value is -2.90. The van der Waals surface area contributed by atoms with Crippen molar-refractivity contribution in [3.63, 3.8) is 0 Å². The van der Waals surface area contributed by atoms with Crippen molar-refractivity contribution in [3.8, 4) is 22.3 Å². The summed E-state index contributed by atoms with van der Waals surface area (Å²) in [5.41, 5.74) is 14.0. The van der Waals surface area contributed by atoms with Crippen molar-refractivity contribution in [2.45, 2.75) is 48.6 Å². The molecule has 0 heterocycles. The van der Waals surface area contributed by atoms with E-state index in [4.69, 9.17) is 0 Å². The van der Waals surface area contributed by atoms with Crippen LogP contribution >= 0.6 is 0 Å². The van der Waals surface area contributed by atoms with Crippen molar-refractivity contribution >= 4 is 15.9 Å².